The number of methoxy groups -OCH3 is 1. The largest absolute Gasteiger partial charge is 0.497 e. The van der Waals surface area contributed by atoms with Crippen molar-refractivity contribution < 1.29 is 17.9 Å². The van der Waals surface area contributed by atoms with Gasteiger partial charge in [-0.05, 0) is 0 Å². The number of benzene rings is 1. The van der Waals surface area contributed by atoms with Gasteiger partial charge in [-0.1, -0.05) is 13.8 Å². The van der Waals surface area contributed by atoms with Crippen molar-refractivity contribution in [2.24, 2.45) is 0 Å². The molecule has 0 aliphatic heterocycles. The predicted molar refractivity (Wildman–Crippen MR) is 51.9 cm³/mol. The second kappa shape index (κ2) is 4.13. The summed E-state index contributed by atoms with van der Waals surface area (Å²) in [6, 6.07) is 2.10. The lowest BCUT2D eigenvalue weighted by Gasteiger charge is -2.22. The number of rotatable bonds is 3. The Morgan fingerprint density at radius 2 is 1.67 bits per heavy atom. The zero-order valence-corrected chi connectivity index (χ0v) is 8.90. The van der Waals surface area contributed by atoms with Crippen LogP contribution in [0.25, 0.3) is 0 Å². The van der Waals surface area contributed by atoms with E-state index in [0.29, 0.717) is 0 Å². The van der Waals surface area contributed by atoms with Gasteiger partial charge in [0.2, 0.25) is 0 Å². The van der Waals surface area contributed by atoms with Crippen molar-refractivity contribution in [3.63, 3.8) is 0 Å². The topological polar surface area (TPSA) is 9.23 Å². The minimum atomic E-state index is -1.17. The summed E-state index contributed by atoms with van der Waals surface area (Å²) >= 11 is 0. The van der Waals surface area contributed by atoms with Gasteiger partial charge in [0.25, 0.3) is 0 Å². The Kier molecular flexibility index (Phi) is 3.27. The number of hydrogen-bond acceptors (Lipinski definition) is 1. The number of alkyl halides is 1. The van der Waals surface area contributed by atoms with Gasteiger partial charge in [-0.2, -0.15) is 0 Å². The number of halogens is 3. The van der Waals surface area contributed by atoms with Crippen LogP contribution in [0.5, 0.6) is 5.75 Å². The summed E-state index contributed by atoms with van der Waals surface area (Å²) < 4.78 is 44.3. The maximum Gasteiger partial charge on any atom is 0.133 e. The molecule has 0 unspecified atom stereocenters. The summed E-state index contributed by atoms with van der Waals surface area (Å²) in [4.78, 5) is 0. The fourth-order valence-corrected chi connectivity index (χ4v) is 1.38. The minimum absolute atomic E-state index is 0.0865. The van der Waals surface area contributed by atoms with Gasteiger partial charge in [0, 0.05) is 23.1 Å². The van der Waals surface area contributed by atoms with Crippen LogP contribution >= 0.6 is 0 Å². The lowest BCUT2D eigenvalue weighted by Crippen LogP contribution is -2.23. The van der Waals surface area contributed by atoms with Crippen LogP contribution in [0.4, 0.5) is 13.2 Å². The summed E-state index contributed by atoms with van der Waals surface area (Å²) in [5, 5.41) is 0. The van der Waals surface area contributed by atoms with Crippen molar-refractivity contribution in [2.45, 2.75) is 19.3 Å². The maximum absolute atomic E-state index is 13.5. The van der Waals surface area contributed by atoms with E-state index in [2.05, 4.69) is 0 Å². The van der Waals surface area contributed by atoms with Crippen molar-refractivity contribution >= 4 is 0 Å². The third kappa shape index (κ3) is 2.25. The smallest absolute Gasteiger partial charge is 0.133 e. The van der Waals surface area contributed by atoms with Crippen LogP contribution < -0.4 is 4.74 Å². The van der Waals surface area contributed by atoms with E-state index < -0.39 is 23.7 Å². The van der Waals surface area contributed by atoms with Gasteiger partial charge in [-0.3, -0.25) is 4.39 Å². The fraction of sp³-hybridized carbons (Fsp3) is 0.455. The van der Waals surface area contributed by atoms with Gasteiger partial charge in [-0.25, -0.2) is 8.78 Å². The predicted octanol–water partition coefficient (Wildman–Crippen LogP) is 3.22. The lowest BCUT2D eigenvalue weighted by atomic mass is 9.85. The summed E-state index contributed by atoms with van der Waals surface area (Å²) in [6.07, 6.45) is 0. The SMILES string of the molecule is COc1cc(F)c(C(C)(C)CF)c(F)c1. The molecule has 1 aromatic carbocycles. The molecule has 0 fully saturated rings. The first kappa shape index (κ1) is 11.9. The quantitative estimate of drug-likeness (QED) is 0.756. The minimum Gasteiger partial charge on any atom is -0.497 e. The van der Waals surface area contributed by atoms with Crippen LogP contribution in [0.2, 0.25) is 0 Å². The van der Waals surface area contributed by atoms with E-state index in [9.17, 15) is 13.2 Å². The van der Waals surface area contributed by atoms with E-state index in [1.165, 1.54) is 21.0 Å². The van der Waals surface area contributed by atoms with Crippen molar-refractivity contribution in [2.75, 3.05) is 13.8 Å². The number of hydrogen-bond donors (Lipinski definition) is 0. The van der Waals surface area contributed by atoms with E-state index in [1.54, 1.807) is 0 Å². The zero-order valence-electron chi connectivity index (χ0n) is 8.90. The summed E-state index contributed by atoms with van der Waals surface area (Å²) in [5.41, 5.74) is -1.41. The van der Waals surface area contributed by atoms with Crippen molar-refractivity contribution in [1.82, 2.24) is 0 Å². The molecule has 0 spiro atoms. The molecule has 0 heterocycles. The molecule has 0 bridgehead atoms. The standard InChI is InChI=1S/C11H13F3O/c1-11(2,6-12)10-8(13)4-7(15-3)5-9(10)14/h4-5H,6H2,1-3H3. The van der Waals surface area contributed by atoms with Crippen molar-refractivity contribution in [3.05, 3.63) is 29.3 Å². The molecule has 0 aliphatic rings. The molecule has 0 amide bonds. The molecule has 1 nitrogen and oxygen atoms in total. The molecule has 0 saturated heterocycles. The van der Waals surface area contributed by atoms with Gasteiger partial charge >= 0.3 is 0 Å². The highest BCUT2D eigenvalue weighted by Crippen LogP contribution is 2.31. The van der Waals surface area contributed by atoms with Gasteiger partial charge in [0.1, 0.15) is 17.4 Å². The average molecular weight is 218 g/mol. The monoisotopic (exact) mass is 218 g/mol. The highest BCUT2D eigenvalue weighted by molar-refractivity contribution is 5.34. The third-order valence-corrected chi connectivity index (χ3v) is 2.26. The average Bonchev–Trinajstić information content (AvgIpc) is 2.16. The summed E-state index contributed by atoms with van der Waals surface area (Å²) in [5.74, 6) is -1.48. The fourth-order valence-electron chi connectivity index (χ4n) is 1.38. The van der Waals surface area contributed by atoms with Crippen LogP contribution in [0.15, 0.2) is 12.1 Å². The molecular formula is C11H13F3O. The van der Waals surface area contributed by atoms with E-state index >= 15 is 0 Å². The van der Waals surface area contributed by atoms with Gasteiger partial charge < -0.3 is 4.74 Å². The van der Waals surface area contributed by atoms with Crippen LogP contribution in [0.3, 0.4) is 0 Å². The van der Waals surface area contributed by atoms with Crippen molar-refractivity contribution in [3.8, 4) is 5.75 Å². The highest BCUT2D eigenvalue weighted by Gasteiger charge is 2.28. The van der Waals surface area contributed by atoms with E-state index in [-0.39, 0.29) is 11.3 Å². The second-order valence-corrected chi connectivity index (χ2v) is 3.98. The molecule has 15 heavy (non-hydrogen) atoms. The maximum atomic E-state index is 13.5. The van der Waals surface area contributed by atoms with E-state index in [0.717, 1.165) is 12.1 Å². The number of ether oxygens (including phenoxy) is 1. The molecule has 1 aromatic rings. The van der Waals surface area contributed by atoms with E-state index in [4.69, 9.17) is 4.74 Å². The molecular weight excluding hydrogens is 205 g/mol. The Morgan fingerprint density at radius 3 is 2.00 bits per heavy atom. The normalized spacial score (nSPS) is 11.6. The second-order valence-electron chi connectivity index (χ2n) is 3.98. The van der Waals surface area contributed by atoms with Gasteiger partial charge in [-0.15, -0.1) is 0 Å². The molecule has 84 valence electrons. The molecule has 0 saturated carbocycles. The van der Waals surface area contributed by atoms with Gasteiger partial charge in [0.05, 0.1) is 13.8 Å². The van der Waals surface area contributed by atoms with Crippen LogP contribution in [-0.4, -0.2) is 13.8 Å². The summed E-state index contributed by atoms with van der Waals surface area (Å²) in [7, 11) is 1.31. The molecule has 0 atom stereocenters. The van der Waals surface area contributed by atoms with E-state index in [1.807, 2.05) is 0 Å². The molecule has 1 rings (SSSR count). The third-order valence-electron chi connectivity index (χ3n) is 2.26. The Labute approximate surface area is 86.9 Å². The highest BCUT2D eigenvalue weighted by atomic mass is 19.1. The molecule has 0 aliphatic carbocycles. The Balaban J connectivity index is 3.31. The molecule has 4 heteroatoms. The van der Waals surface area contributed by atoms with Gasteiger partial charge in [0.15, 0.2) is 0 Å². The van der Waals surface area contributed by atoms with Crippen LogP contribution in [-0.2, 0) is 5.41 Å². The summed E-state index contributed by atoms with van der Waals surface area (Å²) in [6.45, 7) is 2.06. The van der Waals surface area contributed by atoms with Crippen LogP contribution in [0.1, 0.15) is 19.4 Å². The first-order valence-electron chi connectivity index (χ1n) is 4.52. The first-order valence-corrected chi connectivity index (χ1v) is 4.52. The molecule has 0 aromatic heterocycles. The molecule has 0 radical (unpaired) electrons. The Bertz CT molecular complexity index is 338. The van der Waals surface area contributed by atoms with Crippen molar-refractivity contribution in [1.29, 1.82) is 0 Å². The zero-order chi connectivity index (χ0) is 11.6. The molecule has 0 N–H and O–H groups in total. The Morgan fingerprint density at radius 1 is 1.20 bits per heavy atom. The first-order chi connectivity index (χ1) is 6.92. The Hall–Kier alpha value is -1.19. The van der Waals surface area contributed by atoms with Crippen LogP contribution in [0, 0.1) is 11.6 Å². The lowest BCUT2D eigenvalue weighted by molar-refractivity contribution is 0.327.